The van der Waals surface area contributed by atoms with Crippen molar-refractivity contribution in [3.05, 3.63) is 47.6 Å². The zero-order chi connectivity index (χ0) is 17.6. The van der Waals surface area contributed by atoms with Gasteiger partial charge in [-0.25, -0.2) is 9.37 Å². The number of carboxylic acid groups (broad SMARTS) is 1. The number of halogens is 1. The maximum Gasteiger partial charge on any atom is 0.310 e. The summed E-state index contributed by atoms with van der Waals surface area (Å²) < 4.78 is 18.5. The van der Waals surface area contributed by atoms with Gasteiger partial charge in [0.25, 0.3) is 0 Å². The molecule has 2 aliphatic rings. The van der Waals surface area contributed by atoms with Crippen LogP contribution in [0.3, 0.4) is 0 Å². The molecule has 2 N–H and O–H groups in total. The molecular formula is C17H13FN2O4S. The van der Waals surface area contributed by atoms with Crippen LogP contribution < -0.4 is 5.32 Å². The number of nitrogens with zero attached hydrogens (tertiary/aromatic N) is 1. The highest BCUT2D eigenvalue weighted by Gasteiger charge is 2.53. The van der Waals surface area contributed by atoms with Crippen molar-refractivity contribution in [3.8, 4) is 11.3 Å². The summed E-state index contributed by atoms with van der Waals surface area (Å²) in [6, 6.07) is 5.88. The molecule has 1 aromatic carbocycles. The van der Waals surface area contributed by atoms with Gasteiger partial charge < -0.3 is 15.2 Å². The first-order valence-electron chi connectivity index (χ1n) is 7.62. The van der Waals surface area contributed by atoms with Crippen molar-refractivity contribution in [2.45, 2.75) is 12.2 Å². The summed E-state index contributed by atoms with van der Waals surface area (Å²) in [7, 11) is 0. The number of carbonyl (C=O) groups excluding carboxylic acids is 1. The monoisotopic (exact) mass is 360 g/mol. The van der Waals surface area contributed by atoms with Gasteiger partial charge in [0.1, 0.15) is 11.7 Å². The van der Waals surface area contributed by atoms with Gasteiger partial charge in [-0.05, 0) is 24.3 Å². The number of amides is 1. The number of fused-ring (bicyclic) bond motifs is 2. The molecule has 4 atom stereocenters. The van der Waals surface area contributed by atoms with Crippen molar-refractivity contribution < 1.29 is 23.8 Å². The van der Waals surface area contributed by atoms with Crippen LogP contribution in [0.15, 0.2) is 41.8 Å². The first-order chi connectivity index (χ1) is 12.0. The molecule has 0 spiro atoms. The lowest BCUT2D eigenvalue weighted by Gasteiger charge is -2.20. The Bertz CT molecular complexity index is 864. The van der Waals surface area contributed by atoms with E-state index >= 15 is 0 Å². The highest BCUT2D eigenvalue weighted by Crippen LogP contribution is 2.40. The van der Waals surface area contributed by atoms with Gasteiger partial charge in [-0.15, -0.1) is 11.3 Å². The topological polar surface area (TPSA) is 88.5 Å². The molecule has 8 heteroatoms. The van der Waals surface area contributed by atoms with E-state index in [4.69, 9.17) is 4.74 Å². The molecule has 1 fully saturated rings. The lowest BCUT2D eigenvalue weighted by Crippen LogP contribution is -2.39. The number of aromatic nitrogens is 1. The van der Waals surface area contributed by atoms with Crippen molar-refractivity contribution in [1.82, 2.24) is 4.98 Å². The molecule has 4 rings (SSSR count). The lowest BCUT2D eigenvalue weighted by molar-refractivity contribution is -0.145. The molecule has 3 heterocycles. The predicted molar refractivity (Wildman–Crippen MR) is 88.6 cm³/mol. The number of aliphatic carboxylic acids is 1. The van der Waals surface area contributed by atoms with Crippen LogP contribution in [0.5, 0.6) is 0 Å². The standard InChI is InChI=1S/C17H13FN2O4S/c18-9-3-1-8(2-4-9)10-7-25-17(19-10)20-15(21)13-11-5-6-12(24-11)14(13)16(22)23/h1-7,11-14H,(H,22,23)(H,19,20,21)/t11-,12-,13+,14-/m0/s1. The second-order valence-electron chi connectivity index (χ2n) is 5.87. The van der Waals surface area contributed by atoms with E-state index in [-0.39, 0.29) is 5.82 Å². The van der Waals surface area contributed by atoms with E-state index in [0.29, 0.717) is 10.8 Å². The second-order valence-corrected chi connectivity index (χ2v) is 6.73. The maximum absolute atomic E-state index is 13.0. The molecule has 2 aromatic rings. The molecule has 0 saturated carbocycles. The Balaban J connectivity index is 1.51. The number of carbonyl (C=O) groups is 2. The molecule has 2 aliphatic heterocycles. The van der Waals surface area contributed by atoms with E-state index in [1.165, 1.54) is 23.5 Å². The molecule has 0 aliphatic carbocycles. The molecule has 2 bridgehead atoms. The highest BCUT2D eigenvalue weighted by molar-refractivity contribution is 7.14. The Morgan fingerprint density at radius 1 is 1.16 bits per heavy atom. The summed E-state index contributed by atoms with van der Waals surface area (Å²) in [5, 5.41) is 14.1. The number of benzene rings is 1. The van der Waals surface area contributed by atoms with Crippen LogP contribution in [-0.4, -0.2) is 34.2 Å². The SMILES string of the molecule is O=C(O)[C@@H]1[C@H](C(=O)Nc2nc(-c3ccc(F)cc3)cs2)[C@@H]2C=C[C@@H]1O2. The third-order valence-electron chi connectivity index (χ3n) is 4.36. The van der Waals surface area contributed by atoms with E-state index in [0.717, 1.165) is 5.56 Å². The molecule has 1 saturated heterocycles. The zero-order valence-electron chi connectivity index (χ0n) is 12.8. The van der Waals surface area contributed by atoms with E-state index in [2.05, 4.69) is 10.3 Å². The highest BCUT2D eigenvalue weighted by atomic mass is 32.1. The van der Waals surface area contributed by atoms with Crippen molar-refractivity contribution in [2.24, 2.45) is 11.8 Å². The minimum atomic E-state index is -1.05. The van der Waals surface area contributed by atoms with Gasteiger partial charge in [0, 0.05) is 10.9 Å². The average molecular weight is 360 g/mol. The van der Waals surface area contributed by atoms with Crippen molar-refractivity contribution in [3.63, 3.8) is 0 Å². The smallest absolute Gasteiger partial charge is 0.310 e. The minimum Gasteiger partial charge on any atom is -0.481 e. The fraction of sp³-hybridized carbons (Fsp3) is 0.235. The fourth-order valence-corrected chi connectivity index (χ4v) is 3.91. The van der Waals surface area contributed by atoms with Crippen LogP contribution >= 0.6 is 11.3 Å². The summed E-state index contributed by atoms with van der Waals surface area (Å²) >= 11 is 1.22. The molecule has 25 heavy (non-hydrogen) atoms. The quantitative estimate of drug-likeness (QED) is 0.818. The fourth-order valence-electron chi connectivity index (χ4n) is 3.19. The number of hydrogen-bond acceptors (Lipinski definition) is 5. The Hall–Kier alpha value is -2.58. The molecule has 128 valence electrons. The Labute approximate surface area is 146 Å². The number of anilines is 1. The van der Waals surface area contributed by atoms with E-state index in [9.17, 15) is 19.1 Å². The van der Waals surface area contributed by atoms with E-state index in [1.54, 1.807) is 29.7 Å². The van der Waals surface area contributed by atoms with Gasteiger partial charge in [-0.3, -0.25) is 9.59 Å². The van der Waals surface area contributed by atoms with Gasteiger partial charge >= 0.3 is 5.97 Å². The van der Waals surface area contributed by atoms with Crippen LogP contribution in [0, 0.1) is 17.7 Å². The van der Waals surface area contributed by atoms with Crippen LogP contribution in [-0.2, 0) is 14.3 Å². The average Bonchev–Trinajstić information content (AvgIpc) is 3.30. The number of carboxylic acids is 1. The van der Waals surface area contributed by atoms with Crippen LogP contribution in [0.4, 0.5) is 9.52 Å². The minimum absolute atomic E-state index is 0.337. The van der Waals surface area contributed by atoms with E-state index < -0.39 is 35.9 Å². The van der Waals surface area contributed by atoms with Gasteiger partial charge in [-0.1, -0.05) is 12.2 Å². The van der Waals surface area contributed by atoms with Gasteiger partial charge in [-0.2, -0.15) is 0 Å². The Morgan fingerprint density at radius 2 is 1.84 bits per heavy atom. The Morgan fingerprint density at radius 3 is 2.52 bits per heavy atom. The molecular weight excluding hydrogens is 347 g/mol. The third kappa shape index (κ3) is 2.83. The number of hydrogen-bond donors (Lipinski definition) is 2. The predicted octanol–water partition coefficient (Wildman–Crippen LogP) is 2.54. The molecule has 1 aromatic heterocycles. The lowest BCUT2D eigenvalue weighted by atomic mass is 9.82. The first-order valence-corrected chi connectivity index (χ1v) is 8.50. The third-order valence-corrected chi connectivity index (χ3v) is 5.12. The summed E-state index contributed by atoms with van der Waals surface area (Å²) in [6.45, 7) is 0. The zero-order valence-corrected chi connectivity index (χ0v) is 13.6. The first kappa shape index (κ1) is 15.9. The van der Waals surface area contributed by atoms with Crippen LogP contribution in [0.2, 0.25) is 0 Å². The number of rotatable bonds is 4. The van der Waals surface area contributed by atoms with Gasteiger partial charge in [0.15, 0.2) is 5.13 Å². The van der Waals surface area contributed by atoms with Crippen LogP contribution in [0.1, 0.15) is 0 Å². The molecule has 1 amide bonds. The maximum atomic E-state index is 13.0. The number of ether oxygens (including phenoxy) is 1. The number of nitrogens with one attached hydrogen (secondary N) is 1. The summed E-state index contributed by atoms with van der Waals surface area (Å²) in [5.74, 6) is -3.50. The van der Waals surface area contributed by atoms with Crippen molar-refractivity contribution >= 4 is 28.3 Å². The molecule has 0 radical (unpaired) electrons. The van der Waals surface area contributed by atoms with Crippen molar-refractivity contribution in [2.75, 3.05) is 5.32 Å². The van der Waals surface area contributed by atoms with E-state index in [1.807, 2.05) is 0 Å². The van der Waals surface area contributed by atoms with Gasteiger partial charge in [0.2, 0.25) is 5.91 Å². The summed E-state index contributed by atoms with van der Waals surface area (Å²) in [5.41, 5.74) is 1.34. The largest absolute Gasteiger partial charge is 0.481 e. The van der Waals surface area contributed by atoms with Gasteiger partial charge in [0.05, 0.1) is 23.8 Å². The summed E-state index contributed by atoms with van der Waals surface area (Å²) in [4.78, 5) is 28.3. The molecule has 0 unspecified atom stereocenters. The normalized spacial score (nSPS) is 26.8. The van der Waals surface area contributed by atoms with Crippen molar-refractivity contribution in [1.29, 1.82) is 0 Å². The second kappa shape index (κ2) is 6.05. The Kier molecular flexibility index (Phi) is 3.85. The number of thiazole rings is 1. The summed E-state index contributed by atoms with van der Waals surface area (Å²) in [6.07, 6.45) is 2.32. The molecule has 6 nitrogen and oxygen atoms in total. The van der Waals surface area contributed by atoms with Crippen LogP contribution in [0.25, 0.3) is 11.3 Å².